The van der Waals surface area contributed by atoms with E-state index in [9.17, 15) is 4.79 Å². The molecule has 20 heavy (non-hydrogen) atoms. The second-order valence-electron chi connectivity index (χ2n) is 4.16. The molecule has 0 fully saturated rings. The fourth-order valence-electron chi connectivity index (χ4n) is 2.15. The van der Waals surface area contributed by atoms with Crippen molar-refractivity contribution in [2.24, 2.45) is 7.05 Å². The smallest absolute Gasteiger partial charge is 0.359 e. The molecule has 0 radical (unpaired) electrons. The SMILES string of the molecule is C=CC1=C(C(=C)Br)SCc2c(C(=O)OCC)nn(C)c21. The molecule has 0 aliphatic carbocycles. The van der Waals surface area contributed by atoms with Crippen LogP contribution < -0.4 is 0 Å². The van der Waals surface area contributed by atoms with Gasteiger partial charge in [0.05, 0.1) is 12.3 Å². The molecule has 0 saturated heterocycles. The van der Waals surface area contributed by atoms with E-state index in [1.807, 2.05) is 7.05 Å². The Balaban J connectivity index is 2.60. The Morgan fingerprint density at radius 1 is 1.65 bits per heavy atom. The number of thioether (sulfide) groups is 1. The van der Waals surface area contributed by atoms with E-state index in [-0.39, 0.29) is 5.97 Å². The summed E-state index contributed by atoms with van der Waals surface area (Å²) in [5.41, 5.74) is 3.11. The molecule has 1 aliphatic heterocycles. The molecule has 0 unspecified atom stereocenters. The predicted octanol–water partition coefficient (Wildman–Crippen LogP) is 3.65. The Kier molecular flexibility index (Phi) is 4.55. The molecule has 6 heteroatoms. The fourth-order valence-corrected chi connectivity index (χ4v) is 3.76. The molecule has 0 saturated carbocycles. The van der Waals surface area contributed by atoms with E-state index in [2.05, 4.69) is 34.2 Å². The standard InChI is InChI=1S/C14H15BrN2O2S/c1-5-9-12-10(7-20-13(9)8(3)15)11(16-17(12)4)14(18)19-6-2/h5H,1,3,6-7H2,2,4H3. The lowest BCUT2D eigenvalue weighted by Crippen LogP contribution is -2.09. The number of nitrogens with zero attached hydrogens (tertiary/aromatic N) is 2. The third kappa shape index (κ3) is 2.50. The molecule has 1 aliphatic rings. The van der Waals surface area contributed by atoms with Crippen LogP contribution in [0.4, 0.5) is 0 Å². The van der Waals surface area contributed by atoms with Gasteiger partial charge in [-0.2, -0.15) is 5.10 Å². The second-order valence-corrected chi connectivity index (χ2v) is 6.10. The molecule has 0 bridgehead atoms. The van der Waals surface area contributed by atoms with Gasteiger partial charge >= 0.3 is 5.97 Å². The van der Waals surface area contributed by atoms with Gasteiger partial charge in [0.1, 0.15) is 0 Å². The highest BCUT2D eigenvalue weighted by atomic mass is 79.9. The first-order valence-corrected chi connectivity index (χ1v) is 7.86. The highest BCUT2D eigenvalue weighted by molar-refractivity contribution is 9.12. The number of hydrogen-bond acceptors (Lipinski definition) is 4. The minimum absolute atomic E-state index is 0.338. The summed E-state index contributed by atoms with van der Waals surface area (Å²) in [5.74, 6) is 0.281. The average molecular weight is 355 g/mol. The van der Waals surface area contributed by atoms with Crippen LogP contribution in [-0.4, -0.2) is 22.4 Å². The first-order valence-electron chi connectivity index (χ1n) is 6.08. The van der Waals surface area contributed by atoms with E-state index in [1.54, 1.807) is 29.4 Å². The molecule has 4 nitrogen and oxygen atoms in total. The predicted molar refractivity (Wildman–Crippen MR) is 85.6 cm³/mol. The highest BCUT2D eigenvalue weighted by Gasteiger charge is 2.29. The van der Waals surface area contributed by atoms with Crippen molar-refractivity contribution in [3.8, 4) is 0 Å². The minimum atomic E-state index is -0.380. The van der Waals surface area contributed by atoms with E-state index in [1.165, 1.54) is 0 Å². The van der Waals surface area contributed by atoms with Gasteiger partial charge in [-0.05, 0) is 6.92 Å². The van der Waals surface area contributed by atoms with Crippen LogP contribution in [0.2, 0.25) is 0 Å². The maximum absolute atomic E-state index is 12.0. The summed E-state index contributed by atoms with van der Waals surface area (Å²) in [6.45, 7) is 9.90. The monoisotopic (exact) mass is 354 g/mol. The number of allylic oxidation sites excluding steroid dienone is 3. The summed E-state index contributed by atoms with van der Waals surface area (Å²) < 4.78 is 7.57. The maximum atomic E-state index is 12.0. The molecule has 106 valence electrons. The third-order valence-corrected chi connectivity index (χ3v) is 4.77. The summed E-state index contributed by atoms with van der Waals surface area (Å²) in [7, 11) is 1.82. The van der Waals surface area contributed by atoms with E-state index >= 15 is 0 Å². The number of ether oxygens (including phenoxy) is 1. The van der Waals surface area contributed by atoms with Crippen LogP contribution in [0.25, 0.3) is 5.57 Å². The lowest BCUT2D eigenvalue weighted by molar-refractivity contribution is 0.0517. The van der Waals surface area contributed by atoms with Gasteiger partial charge < -0.3 is 4.74 Å². The van der Waals surface area contributed by atoms with Gasteiger partial charge in [0.25, 0.3) is 0 Å². The zero-order chi connectivity index (χ0) is 14.9. The summed E-state index contributed by atoms with van der Waals surface area (Å²) in [6.07, 6.45) is 1.77. The fraction of sp³-hybridized carbons (Fsp3) is 0.286. The molecule has 1 aromatic heterocycles. The number of hydrogen-bond donors (Lipinski definition) is 0. The number of halogens is 1. The van der Waals surface area contributed by atoms with Crippen LogP contribution in [0, 0.1) is 0 Å². The number of rotatable bonds is 4. The number of carbonyl (C=O) groups is 1. The summed E-state index contributed by atoms with van der Waals surface area (Å²) in [5, 5.41) is 4.30. The third-order valence-electron chi connectivity index (χ3n) is 2.93. The Labute approximate surface area is 130 Å². The van der Waals surface area contributed by atoms with Crippen LogP contribution in [0.15, 0.2) is 28.6 Å². The molecule has 2 heterocycles. The van der Waals surface area contributed by atoms with Crippen LogP contribution in [0.3, 0.4) is 0 Å². The topological polar surface area (TPSA) is 44.1 Å². The summed E-state index contributed by atoms with van der Waals surface area (Å²) in [4.78, 5) is 13.0. The highest BCUT2D eigenvalue weighted by Crippen LogP contribution is 2.43. The first kappa shape index (κ1) is 15.1. The Bertz CT molecular complexity index is 631. The molecular formula is C14H15BrN2O2S. The van der Waals surface area contributed by atoms with Crippen molar-refractivity contribution in [1.29, 1.82) is 0 Å². The normalized spacial score (nSPS) is 13.9. The largest absolute Gasteiger partial charge is 0.461 e. The maximum Gasteiger partial charge on any atom is 0.359 e. The van der Waals surface area contributed by atoms with Gasteiger partial charge in [-0.3, -0.25) is 4.68 Å². The molecule has 0 atom stereocenters. The van der Waals surface area contributed by atoms with Gasteiger partial charge in [0, 0.05) is 33.3 Å². The average Bonchev–Trinajstić information content (AvgIpc) is 2.75. The van der Waals surface area contributed by atoms with Gasteiger partial charge in [0.2, 0.25) is 0 Å². The van der Waals surface area contributed by atoms with Crippen molar-refractivity contribution >= 4 is 39.2 Å². The van der Waals surface area contributed by atoms with Crippen molar-refractivity contribution in [3.05, 3.63) is 45.6 Å². The number of aromatic nitrogens is 2. The lowest BCUT2D eigenvalue weighted by atomic mass is 10.1. The Hall–Kier alpha value is -1.27. The van der Waals surface area contributed by atoms with Crippen molar-refractivity contribution in [3.63, 3.8) is 0 Å². The molecule has 0 amide bonds. The van der Waals surface area contributed by atoms with Crippen molar-refractivity contribution < 1.29 is 9.53 Å². The molecule has 1 aromatic rings. The van der Waals surface area contributed by atoms with E-state index in [0.29, 0.717) is 18.1 Å². The minimum Gasteiger partial charge on any atom is -0.461 e. The number of fused-ring (bicyclic) bond motifs is 1. The molecule has 0 spiro atoms. The second kappa shape index (κ2) is 6.01. The number of aryl methyl sites for hydroxylation is 1. The van der Waals surface area contributed by atoms with Gasteiger partial charge in [-0.15, -0.1) is 11.8 Å². The van der Waals surface area contributed by atoms with E-state index in [0.717, 1.165) is 26.2 Å². The Morgan fingerprint density at radius 3 is 2.90 bits per heavy atom. The van der Waals surface area contributed by atoms with Gasteiger partial charge in [-0.1, -0.05) is 35.2 Å². The number of carbonyl (C=O) groups excluding carboxylic acids is 1. The molecule has 0 N–H and O–H groups in total. The zero-order valence-electron chi connectivity index (χ0n) is 11.4. The summed E-state index contributed by atoms with van der Waals surface area (Å²) in [6, 6.07) is 0. The Morgan fingerprint density at radius 2 is 2.35 bits per heavy atom. The lowest BCUT2D eigenvalue weighted by Gasteiger charge is -2.18. The van der Waals surface area contributed by atoms with E-state index < -0.39 is 0 Å². The zero-order valence-corrected chi connectivity index (χ0v) is 13.8. The first-order chi connectivity index (χ1) is 9.51. The molecule has 2 rings (SSSR count). The van der Waals surface area contributed by atoms with Crippen LogP contribution in [0.1, 0.15) is 28.7 Å². The van der Waals surface area contributed by atoms with Crippen LogP contribution in [0.5, 0.6) is 0 Å². The van der Waals surface area contributed by atoms with E-state index in [4.69, 9.17) is 4.74 Å². The number of esters is 1. The molecular weight excluding hydrogens is 340 g/mol. The molecule has 0 aromatic carbocycles. The van der Waals surface area contributed by atoms with Crippen LogP contribution >= 0.6 is 27.7 Å². The van der Waals surface area contributed by atoms with Crippen LogP contribution in [-0.2, 0) is 17.5 Å². The van der Waals surface area contributed by atoms with Crippen molar-refractivity contribution in [2.45, 2.75) is 12.7 Å². The van der Waals surface area contributed by atoms with Gasteiger partial charge in [0.15, 0.2) is 5.69 Å². The van der Waals surface area contributed by atoms with Crippen molar-refractivity contribution in [1.82, 2.24) is 9.78 Å². The van der Waals surface area contributed by atoms with Gasteiger partial charge in [-0.25, -0.2) is 4.79 Å². The van der Waals surface area contributed by atoms with Crippen molar-refractivity contribution in [2.75, 3.05) is 6.61 Å². The summed E-state index contributed by atoms with van der Waals surface area (Å²) >= 11 is 5.02. The quantitative estimate of drug-likeness (QED) is 0.774.